The van der Waals surface area contributed by atoms with Gasteiger partial charge in [0.05, 0.1) is 12.7 Å². The lowest BCUT2D eigenvalue weighted by atomic mass is 10.1. The number of thiocarbonyl (C=S) groups is 1. The maximum Gasteiger partial charge on any atom is 0.170 e. The average molecular weight is 336 g/mol. The second-order valence-electron chi connectivity index (χ2n) is 6.53. The van der Waals surface area contributed by atoms with Gasteiger partial charge in [-0.05, 0) is 42.3 Å². The Labute approximate surface area is 145 Å². The molecule has 0 saturated carbocycles. The molecule has 1 aromatic rings. The Hall–Kier alpha value is -1.17. The molecule has 4 nitrogen and oxygen atoms in total. The van der Waals surface area contributed by atoms with E-state index in [1.54, 1.807) is 0 Å². The maximum atomic E-state index is 5.83. The third-order valence-corrected chi connectivity index (χ3v) is 4.20. The van der Waals surface area contributed by atoms with Crippen LogP contribution in [0.1, 0.15) is 26.3 Å². The van der Waals surface area contributed by atoms with Crippen LogP contribution in [0.3, 0.4) is 0 Å². The van der Waals surface area contributed by atoms with Crippen LogP contribution in [0, 0.1) is 5.92 Å². The van der Waals surface area contributed by atoms with Gasteiger partial charge < -0.3 is 15.4 Å². The van der Waals surface area contributed by atoms with E-state index in [-0.39, 0.29) is 6.10 Å². The van der Waals surface area contributed by atoms with Crippen molar-refractivity contribution in [2.45, 2.75) is 33.3 Å². The largest absolute Gasteiger partial charge is 0.374 e. The molecular formula is C18H29N3OS. The number of ether oxygens (including phenoxy) is 1. The molecule has 2 N–H and O–H groups in total. The van der Waals surface area contributed by atoms with E-state index in [1.807, 2.05) is 0 Å². The fourth-order valence-corrected chi connectivity index (χ4v) is 2.99. The van der Waals surface area contributed by atoms with Crippen molar-refractivity contribution in [2.75, 3.05) is 38.1 Å². The first-order valence-corrected chi connectivity index (χ1v) is 8.95. The zero-order chi connectivity index (χ0) is 16.7. The molecule has 0 spiro atoms. The van der Waals surface area contributed by atoms with Gasteiger partial charge in [0.1, 0.15) is 0 Å². The molecule has 0 radical (unpaired) electrons. The van der Waals surface area contributed by atoms with Crippen molar-refractivity contribution in [1.29, 1.82) is 0 Å². The van der Waals surface area contributed by atoms with Crippen molar-refractivity contribution in [1.82, 2.24) is 10.2 Å². The number of nitrogens with zero attached hydrogens (tertiary/aromatic N) is 1. The standard InChI is InChI=1S/C18H29N3OS/c1-4-15-5-7-16(8-6-15)20-18(23)19-11-17-13-21(9-10-22-17)12-14(2)3/h5-8,14,17H,4,9-13H2,1-3H3,(H2,19,20,23)/t17-/m0/s1. The molecule has 0 amide bonds. The third-order valence-electron chi connectivity index (χ3n) is 3.96. The highest BCUT2D eigenvalue weighted by atomic mass is 32.1. The predicted octanol–water partition coefficient (Wildman–Crippen LogP) is 2.89. The number of morpholine rings is 1. The van der Waals surface area contributed by atoms with Crippen molar-refractivity contribution in [2.24, 2.45) is 5.92 Å². The Kier molecular flexibility index (Phi) is 7.27. The summed E-state index contributed by atoms with van der Waals surface area (Å²) in [6.45, 7) is 11.3. The Morgan fingerprint density at radius 3 is 2.74 bits per heavy atom. The molecule has 1 aromatic carbocycles. The van der Waals surface area contributed by atoms with E-state index in [2.05, 4.69) is 60.6 Å². The lowest BCUT2D eigenvalue weighted by Gasteiger charge is -2.34. The summed E-state index contributed by atoms with van der Waals surface area (Å²) in [5.74, 6) is 0.690. The maximum absolute atomic E-state index is 5.83. The monoisotopic (exact) mass is 335 g/mol. The van der Waals surface area contributed by atoms with Gasteiger partial charge in [-0.25, -0.2) is 0 Å². The van der Waals surface area contributed by atoms with E-state index in [4.69, 9.17) is 17.0 Å². The Balaban J connectivity index is 1.72. The lowest BCUT2D eigenvalue weighted by molar-refractivity contribution is -0.0283. The Morgan fingerprint density at radius 2 is 2.09 bits per heavy atom. The van der Waals surface area contributed by atoms with Gasteiger partial charge in [-0.3, -0.25) is 4.90 Å². The molecule has 0 unspecified atom stereocenters. The minimum absolute atomic E-state index is 0.199. The summed E-state index contributed by atoms with van der Waals surface area (Å²) in [5, 5.41) is 7.15. The van der Waals surface area contributed by atoms with Crippen LogP contribution in [0.15, 0.2) is 24.3 Å². The average Bonchev–Trinajstić information content (AvgIpc) is 2.53. The molecule has 1 aliphatic heterocycles. The van der Waals surface area contributed by atoms with Crippen molar-refractivity contribution in [3.63, 3.8) is 0 Å². The van der Waals surface area contributed by atoms with Gasteiger partial charge in [-0.15, -0.1) is 0 Å². The van der Waals surface area contributed by atoms with Crippen LogP contribution in [-0.2, 0) is 11.2 Å². The molecule has 1 fully saturated rings. The van der Waals surface area contributed by atoms with Crippen LogP contribution in [0.4, 0.5) is 5.69 Å². The minimum atomic E-state index is 0.199. The molecule has 2 rings (SSSR count). The second kappa shape index (κ2) is 9.21. The summed E-state index contributed by atoms with van der Waals surface area (Å²) in [5.41, 5.74) is 2.35. The Morgan fingerprint density at radius 1 is 1.35 bits per heavy atom. The summed E-state index contributed by atoms with van der Waals surface area (Å²) >= 11 is 5.37. The summed E-state index contributed by atoms with van der Waals surface area (Å²) < 4.78 is 5.83. The predicted molar refractivity (Wildman–Crippen MR) is 101 cm³/mol. The van der Waals surface area contributed by atoms with E-state index in [1.165, 1.54) is 5.56 Å². The number of anilines is 1. The molecule has 0 aliphatic carbocycles. The van der Waals surface area contributed by atoms with Crippen LogP contribution in [0.5, 0.6) is 0 Å². The third kappa shape index (κ3) is 6.45. The fraction of sp³-hybridized carbons (Fsp3) is 0.611. The highest BCUT2D eigenvalue weighted by Crippen LogP contribution is 2.10. The van der Waals surface area contributed by atoms with Gasteiger partial charge in [-0.2, -0.15) is 0 Å². The normalized spacial score (nSPS) is 18.9. The first kappa shape index (κ1) is 18.2. The summed E-state index contributed by atoms with van der Waals surface area (Å²) in [7, 11) is 0. The quantitative estimate of drug-likeness (QED) is 0.782. The topological polar surface area (TPSA) is 36.5 Å². The first-order valence-electron chi connectivity index (χ1n) is 8.54. The van der Waals surface area contributed by atoms with Crippen LogP contribution in [0.25, 0.3) is 0 Å². The molecule has 1 saturated heterocycles. The Bertz CT molecular complexity index is 490. The van der Waals surface area contributed by atoms with Crippen molar-refractivity contribution in [3.8, 4) is 0 Å². The molecule has 5 heteroatoms. The van der Waals surface area contributed by atoms with Gasteiger partial charge in [0.25, 0.3) is 0 Å². The molecule has 1 aliphatic rings. The van der Waals surface area contributed by atoms with Crippen LogP contribution in [0.2, 0.25) is 0 Å². The van der Waals surface area contributed by atoms with Gasteiger partial charge in [0.15, 0.2) is 5.11 Å². The molecule has 0 bridgehead atoms. The summed E-state index contributed by atoms with van der Waals surface area (Å²) in [6, 6.07) is 8.38. The van der Waals surface area contributed by atoms with Crippen molar-refractivity contribution < 1.29 is 4.74 Å². The van der Waals surface area contributed by atoms with Gasteiger partial charge >= 0.3 is 0 Å². The number of nitrogens with one attached hydrogen (secondary N) is 2. The minimum Gasteiger partial charge on any atom is -0.374 e. The van der Waals surface area contributed by atoms with Crippen molar-refractivity contribution >= 4 is 23.0 Å². The molecule has 1 heterocycles. The number of hydrogen-bond donors (Lipinski definition) is 2. The van der Waals surface area contributed by atoms with Gasteiger partial charge in [-0.1, -0.05) is 32.9 Å². The van der Waals surface area contributed by atoms with Crippen LogP contribution < -0.4 is 10.6 Å². The zero-order valence-electron chi connectivity index (χ0n) is 14.5. The SMILES string of the molecule is CCc1ccc(NC(=S)NC[C@H]2CN(CC(C)C)CCO2)cc1. The summed E-state index contributed by atoms with van der Waals surface area (Å²) in [6.07, 6.45) is 1.25. The number of rotatable bonds is 6. The molecule has 1 atom stereocenters. The lowest BCUT2D eigenvalue weighted by Crippen LogP contribution is -2.48. The molecule has 128 valence electrons. The smallest absolute Gasteiger partial charge is 0.170 e. The molecule has 23 heavy (non-hydrogen) atoms. The van der Waals surface area contributed by atoms with Gasteiger partial charge in [0, 0.05) is 31.9 Å². The molecule has 0 aromatic heterocycles. The van der Waals surface area contributed by atoms with E-state index in [0.717, 1.165) is 44.9 Å². The van der Waals surface area contributed by atoms with Crippen molar-refractivity contribution in [3.05, 3.63) is 29.8 Å². The summed E-state index contributed by atoms with van der Waals surface area (Å²) in [4.78, 5) is 2.47. The highest BCUT2D eigenvalue weighted by Gasteiger charge is 2.20. The first-order chi connectivity index (χ1) is 11.1. The fourth-order valence-electron chi connectivity index (χ4n) is 2.79. The number of benzene rings is 1. The number of aryl methyl sites for hydroxylation is 1. The van der Waals surface area contributed by atoms with Crippen LogP contribution in [-0.4, -0.2) is 48.9 Å². The second-order valence-corrected chi connectivity index (χ2v) is 6.94. The number of hydrogen-bond acceptors (Lipinski definition) is 3. The van der Waals surface area contributed by atoms with Gasteiger partial charge in [0.2, 0.25) is 0 Å². The van der Waals surface area contributed by atoms with E-state index in [9.17, 15) is 0 Å². The zero-order valence-corrected chi connectivity index (χ0v) is 15.3. The van der Waals surface area contributed by atoms with E-state index >= 15 is 0 Å². The van der Waals surface area contributed by atoms with E-state index in [0.29, 0.717) is 11.0 Å². The van der Waals surface area contributed by atoms with Crippen LogP contribution >= 0.6 is 12.2 Å². The highest BCUT2D eigenvalue weighted by molar-refractivity contribution is 7.80. The molecular weight excluding hydrogens is 306 g/mol. The van der Waals surface area contributed by atoms with E-state index < -0.39 is 0 Å².